The van der Waals surface area contributed by atoms with Crippen LogP contribution in [0.3, 0.4) is 0 Å². The van der Waals surface area contributed by atoms with Gasteiger partial charge in [0.2, 0.25) is 15.9 Å². The van der Waals surface area contributed by atoms with Crippen LogP contribution in [0.2, 0.25) is 0 Å². The van der Waals surface area contributed by atoms with E-state index in [-0.39, 0.29) is 17.9 Å². The monoisotopic (exact) mass is 468 g/mol. The minimum Gasteiger partial charge on any atom is -0.497 e. The fourth-order valence-electron chi connectivity index (χ4n) is 4.82. The van der Waals surface area contributed by atoms with Crippen molar-refractivity contribution < 1.29 is 17.9 Å². The zero-order valence-electron chi connectivity index (χ0n) is 19.1. The Morgan fingerprint density at radius 1 is 1.03 bits per heavy atom. The molecule has 1 atom stereocenters. The Morgan fingerprint density at radius 2 is 1.79 bits per heavy atom. The number of nitrogens with zero attached hydrogens (tertiary/aromatic N) is 2. The Kier molecular flexibility index (Phi) is 7.50. The van der Waals surface area contributed by atoms with E-state index in [4.69, 9.17) is 4.74 Å². The number of carbonyl (C=O) groups is 1. The molecule has 1 amide bonds. The van der Waals surface area contributed by atoms with Crippen molar-refractivity contribution in [3.8, 4) is 5.75 Å². The van der Waals surface area contributed by atoms with Gasteiger partial charge in [-0.15, -0.1) is 0 Å². The highest BCUT2D eigenvalue weighted by Crippen LogP contribution is 2.28. The predicted molar refractivity (Wildman–Crippen MR) is 130 cm³/mol. The summed E-state index contributed by atoms with van der Waals surface area (Å²) in [5, 5.41) is 1.27. The zero-order chi connectivity index (χ0) is 23.3. The summed E-state index contributed by atoms with van der Waals surface area (Å²) in [6, 6.07) is 17.6. The third-order valence-electron chi connectivity index (χ3n) is 6.66. The number of likely N-dealkylation sites (tertiary alicyclic amines) is 1. The second-order valence-electron chi connectivity index (χ2n) is 8.82. The molecule has 2 heterocycles. The van der Waals surface area contributed by atoms with E-state index in [1.165, 1.54) is 15.3 Å². The summed E-state index contributed by atoms with van der Waals surface area (Å²) in [5.74, 6) is 0.899. The highest BCUT2D eigenvalue weighted by molar-refractivity contribution is 7.92. The molecule has 2 aliphatic heterocycles. The van der Waals surface area contributed by atoms with Gasteiger partial charge in [-0.25, -0.2) is 8.42 Å². The number of amides is 1. The van der Waals surface area contributed by atoms with Crippen LogP contribution in [-0.2, 0) is 21.2 Å². The number of hydrogen-bond donors (Lipinski definition) is 0. The molecular formula is C26H32N2O4S. The van der Waals surface area contributed by atoms with E-state index < -0.39 is 10.0 Å². The van der Waals surface area contributed by atoms with Gasteiger partial charge in [0.1, 0.15) is 5.75 Å². The first-order chi connectivity index (χ1) is 16.0. The lowest BCUT2D eigenvalue weighted by molar-refractivity contribution is -0.137. The molecule has 2 aromatic rings. The van der Waals surface area contributed by atoms with E-state index in [0.717, 1.165) is 37.1 Å². The Bertz CT molecular complexity index is 1080. The lowest BCUT2D eigenvalue weighted by Crippen LogP contribution is -2.45. The Labute approximate surface area is 196 Å². The van der Waals surface area contributed by atoms with E-state index in [1.54, 1.807) is 13.2 Å². The van der Waals surface area contributed by atoms with Gasteiger partial charge in [0.05, 0.1) is 7.11 Å². The molecule has 2 aromatic carbocycles. The summed E-state index contributed by atoms with van der Waals surface area (Å²) in [5.41, 5.74) is 2.02. The second kappa shape index (κ2) is 10.5. The number of piperidine rings is 1. The van der Waals surface area contributed by atoms with Crippen molar-refractivity contribution in [1.82, 2.24) is 9.21 Å². The van der Waals surface area contributed by atoms with Crippen molar-refractivity contribution in [3.63, 3.8) is 0 Å². The van der Waals surface area contributed by atoms with Gasteiger partial charge in [-0.3, -0.25) is 4.79 Å². The first-order valence-electron chi connectivity index (χ1n) is 11.6. The number of carbonyl (C=O) groups excluding carboxylic acids is 1. The average Bonchev–Trinajstić information content (AvgIpc) is 3.31. The molecule has 0 aromatic heterocycles. The Balaban J connectivity index is 1.34. The smallest absolute Gasteiger partial charge is 0.236 e. The molecule has 2 fully saturated rings. The SMILES string of the molecule is COc1cccc(CC2CCCN2C(=O)C2CCN(S(=O)(=O)/C=C/c3ccccc3)CC2)c1. The quantitative estimate of drug-likeness (QED) is 0.617. The fourth-order valence-corrected chi connectivity index (χ4v) is 6.04. The molecule has 0 aliphatic carbocycles. The van der Waals surface area contributed by atoms with Crippen molar-refractivity contribution in [1.29, 1.82) is 0 Å². The maximum atomic E-state index is 13.3. The van der Waals surface area contributed by atoms with E-state index >= 15 is 0 Å². The number of rotatable bonds is 7. The van der Waals surface area contributed by atoms with Crippen LogP contribution >= 0.6 is 0 Å². The minimum atomic E-state index is -3.49. The first kappa shape index (κ1) is 23.5. The number of sulfonamides is 1. The number of ether oxygens (including phenoxy) is 1. The minimum absolute atomic E-state index is 0.111. The van der Waals surface area contributed by atoms with Crippen LogP contribution in [0.5, 0.6) is 5.75 Å². The summed E-state index contributed by atoms with van der Waals surface area (Å²) in [6.45, 7) is 1.55. The molecule has 1 unspecified atom stereocenters. The molecular weight excluding hydrogens is 436 g/mol. The molecule has 2 saturated heterocycles. The van der Waals surface area contributed by atoms with Crippen molar-refractivity contribution in [2.24, 2.45) is 5.92 Å². The number of hydrogen-bond acceptors (Lipinski definition) is 4. The average molecular weight is 469 g/mol. The van der Waals surface area contributed by atoms with Gasteiger partial charge in [0.25, 0.3) is 0 Å². The fraction of sp³-hybridized carbons (Fsp3) is 0.423. The number of methoxy groups -OCH3 is 1. The highest BCUT2D eigenvalue weighted by Gasteiger charge is 2.36. The Morgan fingerprint density at radius 3 is 2.52 bits per heavy atom. The molecule has 6 nitrogen and oxygen atoms in total. The third-order valence-corrected chi connectivity index (χ3v) is 8.23. The van der Waals surface area contributed by atoms with Crippen LogP contribution < -0.4 is 4.74 Å². The lowest BCUT2D eigenvalue weighted by Gasteiger charge is -2.34. The first-order valence-corrected chi connectivity index (χ1v) is 13.1. The maximum Gasteiger partial charge on any atom is 0.236 e. The molecule has 0 spiro atoms. The zero-order valence-corrected chi connectivity index (χ0v) is 19.9. The van der Waals surface area contributed by atoms with Gasteiger partial charge in [-0.05, 0) is 61.4 Å². The van der Waals surface area contributed by atoms with Crippen LogP contribution in [-0.4, -0.2) is 56.3 Å². The van der Waals surface area contributed by atoms with Gasteiger partial charge in [0.15, 0.2) is 0 Å². The van der Waals surface area contributed by atoms with Gasteiger partial charge in [-0.2, -0.15) is 4.31 Å². The number of benzene rings is 2. The summed E-state index contributed by atoms with van der Waals surface area (Å²) < 4.78 is 32.3. The molecule has 2 aliphatic rings. The summed E-state index contributed by atoms with van der Waals surface area (Å²) >= 11 is 0. The van der Waals surface area contributed by atoms with E-state index in [0.29, 0.717) is 25.9 Å². The van der Waals surface area contributed by atoms with Gasteiger partial charge in [0, 0.05) is 37.0 Å². The Hall–Kier alpha value is -2.64. The molecule has 0 saturated carbocycles. The van der Waals surface area contributed by atoms with Crippen molar-refractivity contribution >= 4 is 22.0 Å². The second-order valence-corrected chi connectivity index (χ2v) is 10.6. The molecule has 0 bridgehead atoms. The van der Waals surface area contributed by atoms with Crippen LogP contribution in [0.15, 0.2) is 60.0 Å². The maximum absolute atomic E-state index is 13.3. The molecule has 0 radical (unpaired) electrons. The lowest BCUT2D eigenvalue weighted by atomic mass is 9.95. The summed E-state index contributed by atoms with van der Waals surface area (Å²) in [7, 11) is -1.83. The largest absolute Gasteiger partial charge is 0.497 e. The molecule has 33 heavy (non-hydrogen) atoms. The topological polar surface area (TPSA) is 66.9 Å². The van der Waals surface area contributed by atoms with Crippen molar-refractivity contribution in [2.75, 3.05) is 26.7 Å². The van der Waals surface area contributed by atoms with Gasteiger partial charge < -0.3 is 9.64 Å². The summed E-state index contributed by atoms with van der Waals surface area (Å²) in [4.78, 5) is 15.3. The normalized spacial score (nSPS) is 20.4. The molecule has 176 valence electrons. The van der Waals surface area contributed by atoms with Gasteiger partial charge in [-0.1, -0.05) is 42.5 Å². The van der Waals surface area contributed by atoms with E-state index in [2.05, 4.69) is 6.07 Å². The van der Waals surface area contributed by atoms with Crippen LogP contribution in [0.25, 0.3) is 6.08 Å². The van der Waals surface area contributed by atoms with Crippen LogP contribution in [0.1, 0.15) is 36.8 Å². The van der Waals surface area contributed by atoms with Crippen molar-refractivity contribution in [2.45, 2.75) is 38.1 Å². The molecule has 4 rings (SSSR count). The van der Waals surface area contributed by atoms with E-state index in [1.807, 2.05) is 53.4 Å². The standard InChI is InChI=1S/C26H32N2O4S/c1-32-25-11-5-9-22(20-25)19-24-10-6-15-28(24)26(29)23-12-16-27(17-13-23)33(30,31)18-14-21-7-3-2-4-8-21/h2-5,7-9,11,14,18,20,23-24H,6,10,12-13,15-17,19H2,1H3/b18-14+. The molecule has 0 N–H and O–H groups in total. The highest BCUT2D eigenvalue weighted by atomic mass is 32.2. The van der Waals surface area contributed by atoms with Crippen LogP contribution in [0.4, 0.5) is 0 Å². The van der Waals surface area contributed by atoms with Crippen LogP contribution in [0, 0.1) is 5.92 Å². The van der Waals surface area contributed by atoms with E-state index in [9.17, 15) is 13.2 Å². The van der Waals surface area contributed by atoms with Gasteiger partial charge >= 0.3 is 0 Å². The predicted octanol–water partition coefficient (Wildman–Crippen LogP) is 3.94. The summed E-state index contributed by atoms with van der Waals surface area (Å²) in [6.07, 6.45) is 5.60. The van der Waals surface area contributed by atoms with Crippen molar-refractivity contribution in [3.05, 3.63) is 71.1 Å². The third kappa shape index (κ3) is 5.84. The molecule has 7 heteroatoms.